The van der Waals surface area contributed by atoms with Gasteiger partial charge in [-0.3, -0.25) is 0 Å². The SMILES string of the molecule is N#Cc1cc(Br)cc(NCc2ccc(Br)s2)c1. The Morgan fingerprint density at radius 3 is 2.71 bits per heavy atom. The summed E-state index contributed by atoms with van der Waals surface area (Å²) in [7, 11) is 0. The number of benzene rings is 1. The van der Waals surface area contributed by atoms with Crippen molar-refractivity contribution in [3.8, 4) is 6.07 Å². The van der Waals surface area contributed by atoms with Crippen LogP contribution in [0.4, 0.5) is 5.69 Å². The van der Waals surface area contributed by atoms with Crippen molar-refractivity contribution in [1.82, 2.24) is 0 Å². The lowest BCUT2D eigenvalue weighted by atomic mass is 10.2. The molecular weight excluding hydrogens is 364 g/mol. The standard InChI is InChI=1S/C12H8Br2N2S/c13-9-3-8(6-15)4-10(5-9)16-7-11-1-2-12(14)17-11/h1-5,16H,7H2. The predicted molar refractivity (Wildman–Crippen MR) is 78.2 cm³/mol. The molecule has 0 spiro atoms. The molecular formula is C12H8Br2N2S. The maximum atomic E-state index is 8.87. The maximum absolute atomic E-state index is 8.87. The van der Waals surface area contributed by atoms with Crippen molar-refractivity contribution < 1.29 is 0 Å². The molecule has 1 aromatic heterocycles. The van der Waals surface area contributed by atoms with Crippen LogP contribution in [0.25, 0.3) is 0 Å². The zero-order valence-corrected chi connectivity index (χ0v) is 12.7. The number of thiophene rings is 1. The van der Waals surface area contributed by atoms with Crippen molar-refractivity contribution in [2.24, 2.45) is 0 Å². The van der Waals surface area contributed by atoms with Crippen molar-refractivity contribution >= 4 is 48.9 Å². The normalized spacial score (nSPS) is 9.94. The van der Waals surface area contributed by atoms with E-state index in [4.69, 9.17) is 5.26 Å². The molecule has 2 nitrogen and oxygen atoms in total. The number of nitrogens with zero attached hydrogens (tertiary/aromatic N) is 1. The van der Waals surface area contributed by atoms with Crippen molar-refractivity contribution in [3.05, 3.63) is 49.0 Å². The molecule has 0 saturated heterocycles. The van der Waals surface area contributed by atoms with Gasteiger partial charge in [0.15, 0.2) is 0 Å². The molecule has 0 fully saturated rings. The Morgan fingerprint density at radius 2 is 2.06 bits per heavy atom. The first-order valence-corrected chi connectivity index (χ1v) is 7.26. The van der Waals surface area contributed by atoms with Crippen LogP contribution < -0.4 is 5.32 Å². The fraction of sp³-hybridized carbons (Fsp3) is 0.0833. The van der Waals surface area contributed by atoms with E-state index in [1.54, 1.807) is 17.4 Å². The molecule has 0 amide bonds. The van der Waals surface area contributed by atoms with Gasteiger partial charge < -0.3 is 5.32 Å². The molecule has 0 atom stereocenters. The monoisotopic (exact) mass is 370 g/mol. The zero-order chi connectivity index (χ0) is 12.3. The van der Waals surface area contributed by atoms with E-state index in [9.17, 15) is 0 Å². The minimum absolute atomic E-state index is 0.647. The largest absolute Gasteiger partial charge is 0.380 e. The number of nitrogens with one attached hydrogen (secondary N) is 1. The Bertz CT molecular complexity index is 572. The summed E-state index contributed by atoms with van der Waals surface area (Å²) in [6.45, 7) is 0.761. The number of halogens is 2. The molecule has 17 heavy (non-hydrogen) atoms. The molecule has 1 heterocycles. The lowest BCUT2D eigenvalue weighted by Crippen LogP contribution is -1.97. The highest BCUT2D eigenvalue weighted by molar-refractivity contribution is 9.11. The summed E-state index contributed by atoms with van der Waals surface area (Å²) in [5, 5.41) is 12.2. The van der Waals surface area contributed by atoms with Gasteiger partial charge in [0.1, 0.15) is 0 Å². The molecule has 2 aromatic rings. The molecule has 0 saturated carbocycles. The fourth-order valence-corrected chi connectivity index (χ4v) is 3.31. The second-order valence-corrected chi connectivity index (χ2v) is 6.86. The highest BCUT2D eigenvalue weighted by atomic mass is 79.9. The van der Waals surface area contributed by atoms with E-state index in [0.29, 0.717) is 5.56 Å². The van der Waals surface area contributed by atoms with E-state index >= 15 is 0 Å². The number of anilines is 1. The van der Waals surface area contributed by atoms with Crippen LogP contribution in [0, 0.1) is 11.3 Å². The van der Waals surface area contributed by atoms with E-state index in [1.165, 1.54) is 4.88 Å². The summed E-state index contributed by atoms with van der Waals surface area (Å²) in [5.74, 6) is 0. The van der Waals surface area contributed by atoms with Crippen molar-refractivity contribution in [3.63, 3.8) is 0 Å². The second kappa shape index (κ2) is 5.67. The van der Waals surface area contributed by atoms with Gasteiger partial charge >= 0.3 is 0 Å². The number of rotatable bonds is 3. The Balaban J connectivity index is 2.09. The lowest BCUT2D eigenvalue weighted by molar-refractivity contribution is 1.19. The molecule has 0 aliphatic heterocycles. The first-order chi connectivity index (χ1) is 8.17. The van der Waals surface area contributed by atoms with Crippen LogP contribution in [0.5, 0.6) is 0 Å². The Hall–Kier alpha value is -0.830. The molecule has 0 unspecified atom stereocenters. The van der Waals surface area contributed by atoms with E-state index in [0.717, 1.165) is 20.5 Å². The van der Waals surface area contributed by atoms with Crippen LogP contribution in [-0.2, 0) is 6.54 Å². The maximum Gasteiger partial charge on any atom is 0.0992 e. The van der Waals surface area contributed by atoms with E-state index in [-0.39, 0.29) is 0 Å². The van der Waals surface area contributed by atoms with Gasteiger partial charge in [-0.15, -0.1) is 11.3 Å². The fourth-order valence-electron chi connectivity index (χ4n) is 1.39. The molecule has 0 bridgehead atoms. The third kappa shape index (κ3) is 3.56. The summed E-state index contributed by atoms with van der Waals surface area (Å²) in [5.41, 5.74) is 1.59. The average molecular weight is 372 g/mol. The summed E-state index contributed by atoms with van der Waals surface area (Å²) >= 11 is 8.52. The predicted octanol–water partition coefficient (Wildman–Crippen LogP) is 4.76. The third-order valence-electron chi connectivity index (χ3n) is 2.12. The highest BCUT2D eigenvalue weighted by Crippen LogP contribution is 2.24. The molecule has 0 aliphatic carbocycles. The third-order valence-corrected chi connectivity index (χ3v) is 4.20. The van der Waals surface area contributed by atoms with Crippen molar-refractivity contribution in [2.45, 2.75) is 6.54 Å². The smallest absolute Gasteiger partial charge is 0.0992 e. The minimum Gasteiger partial charge on any atom is -0.380 e. The van der Waals surface area contributed by atoms with Gasteiger partial charge in [0, 0.05) is 21.6 Å². The van der Waals surface area contributed by atoms with Crippen LogP contribution >= 0.6 is 43.2 Å². The van der Waals surface area contributed by atoms with Crippen LogP contribution in [-0.4, -0.2) is 0 Å². The Morgan fingerprint density at radius 1 is 1.24 bits per heavy atom. The van der Waals surface area contributed by atoms with Crippen LogP contribution in [0.2, 0.25) is 0 Å². The average Bonchev–Trinajstić information content (AvgIpc) is 2.72. The van der Waals surface area contributed by atoms with Gasteiger partial charge in [0.25, 0.3) is 0 Å². The van der Waals surface area contributed by atoms with Gasteiger partial charge in [-0.2, -0.15) is 5.26 Å². The van der Waals surface area contributed by atoms with Gasteiger partial charge in [0.2, 0.25) is 0 Å². The Labute approximate surface area is 121 Å². The Kier molecular flexibility index (Phi) is 4.21. The first kappa shape index (κ1) is 12.6. The van der Waals surface area contributed by atoms with E-state index in [2.05, 4.69) is 49.3 Å². The van der Waals surface area contributed by atoms with E-state index < -0.39 is 0 Å². The van der Waals surface area contributed by atoms with E-state index in [1.807, 2.05) is 18.2 Å². The minimum atomic E-state index is 0.647. The van der Waals surface area contributed by atoms with Gasteiger partial charge in [-0.1, -0.05) is 15.9 Å². The number of nitriles is 1. The van der Waals surface area contributed by atoms with Gasteiger partial charge in [-0.25, -0.2) is 0 Å². The van der Waals surface area contributed by atoms with Crippen LogP contribution in [0.15, 0.2) is 38.6 Å². The zero-order valence-electron chi connectivity index (χ0n) is 8.71. The molecule has 0 radical (unpaired) electrons. The molecule has 1 N–H and O–H groups in total. The lowest BCUT2D eigenvalue weighted by Gasteiger charge is -2.05. The summed E-state index contributed by atoms with van der Waals surface area (Å²) < 4.78 is 2.03. The summed E-state index contributed by atoms with van der Waals surface area (Å²) in [6, 6.07) is 11.8. The molecule has 5 heteroatoms. The van der Waals surface area contributed by atoms with Gasteiger partial charge in [0.05, 0.1) is 15.4 Å². The van der Waals surface area contributed by atoms with Crippen molar-refractivity contribution in [2.75, 3.05) is 5.32 Å². The number of hydrogen-bond donors (Lipinski definition) is 1. The molecule has 0 aliphatic rings. The second-order valence-electron chi connectivity index (χ2n) is 3.40. The summed E-state index contributed by atoms with van der Waals surface area (Å²) in [4.78, 5) is 1.25. The quantitative estimate of drug-likeness (QED) is 0.844. The van der Waals surface area contributed by atoms with Crippen LogP contribution in [0.1, 0.15) is 10.4 Å². The molecule has 2 rings (SSSR count). The first-order valence-electron chi connectivity index (χ1n) is 4.86. The number of hydrogen-bond acceptors (Lipinski definition) is 3. The molecule has 1 aromatic carbocycles. The van der Waals surface area contributed by atoms with Crippen LogP contribution in [0.3, 0.4) is 0 Å². The van der Waals surface area contributed by atoms with Gasteiger partial charge in [-0.05, 0) is 46.3 Å². The summed E-state index contributed by atoms with van der Waals surface area (Å²) in [6.07, 6.45) is 0. The topological polar surface area (TPSA) is 35.8 Å². The highest BCUT2D eigenvalue weighted by Gasteiger charge is 2.01. The van der Waals surface area contributed by atoms with Crippen molar-refractivity contribution in [1.29, 1.82) is 5.26 Å². The molecule has 86 valence electrons.